The molecule has 0 aromatic heterocycles. The van der Waals surface area contributed by atoms with E-state index < -0.39 is 5.97 Å². The first kappa shape index (κ1) is 16.4. The van der Waals surface area contributed by atoms with Crippen molar-refractivity contribution in [3.05, 3.63) is 41.0 Å². The number of carbonyl (C=O) groups excluding carboxylic acids is 2. The Hall–Kier alpha value is -2.63. The van der Waals surface area contributed by atoms with Gasteiger partial charge >= 0.3 is 5.97 Å². The van der Waals surface area contributed by atoms with E-state index in [2.05, 4.69) is 10.6 Å². The van der Waals surface area contributed by atoms with Crippen molar-refractivity contribution in [1.29, 1.82) is 0 Å². The third-order valence-electron chi connectivity index (χ3n) is 2.72. The van der Waals surface area contributed by atoms with E-state index in [1.54, 1.807) is 25.1 Å². The zero-order chi connectivity index (χ0) is 15.8. The molecular formula is C15H18N2O4. The molecule has 2 amide bonds. The van der Waals surface area contributed by atoms with Gasteiger partial charge in [-0.3, -0.25) is 9.59 Å². The Morgan fingerprint density at radius 3 is 2.43 bits per heavy atom. The van der Waals surface area contributed by atoms with Crippen LogP contribution in [0, 0.1) is 6.92 Å². The van der Waals surface area contributed by atoms with Crippen LogP contribution in [-0.4, -0.2) is 36.0 Å². The topological polar surface area (TPSA) is 95.5 Å². The van der Waals surface area contributed by atoms with Crippen LogP contribution in [0.3, 0.4) is 0 Å². The number of benzene rings is 1. The van der Waals surface area contributed by atoms with E-state index in [0.29, 0.717) is 18.7 Å². The highest BCUT2D eigenvalue weighted by molar-refractivity contribution is 5.95. The van der Waals surface area contributed by atoms with Gasteiger partial charge in [-0.25, -0.2) is 4.79 Å². The molecule has 0 saturated carbocycles. The lowest BCUT2D eigenvalue weighted by molar-refractivity contribution is -0.131. The Balaban J connectivity index is 2.63. The number of hydrogen-bond acceptors (Lipinski definition) is 3. The molecule has 0 aliphatic carbocycles. The number of rotatable bonds is 6. The average molecular weight is 290 g/mol. The third kappa shape index (κ3) is 5.90. The zero-order valence-electron chi connectivity index (χ0n) is 12.0. The summed E-state index contributed by atoms with van der Waals surface area (Å²) in [7, 11) is 0. The minimum absolute atomic E-state index is 0.144. The lowest BCUT2D eigenvalue weighted by Crippen LogP contribution is -2.33. The van der Waals surface area contributed by atoms with Crippen molar-refractivity contribution in [2.45, 2.75) is 13.8 Å². The molecule has 0 radical (unpaired) electrons. The molecule has 1 aromatic rings. The van der Waals surface area contributed by atoms with E-state index in [-0.39, 0.29) is 11.8 Å². The molecule has 3 N–H and O–H groups in total. The minimum Gasteiger partial charge on any atom is -0.478 e. The summed E-state index contributed by atoms with van der Waals surface area (Å²) in [5, 5.41) is 13.9. The predicted molar refractivity (Wildman–Crippen MR) is 78.9 cm³/mol. The standard InChI is InChI=1S/C15H18N2O4/c1-10-9-13(4-3-12(10)5-6-14(19)20)15(21)17-8-7-16-11(2)18/h3-6,9H,7-8H2,1-2H3,(H,16,18)(H,17,21)(H,19,20)/b6-5+. The molecule has 0 saturated heterocycles. The Kier molecular flexibility index (Phi) is 6.13. The van der Waals surface area contributed by atoms with Crippen LogP contribution in [0.5, 0.6) is 0 Å². The number of hydrogen-bond donors (Lipinski definition) is 3. The first-order valence-corrected chi connectivity index (χ1v) is 6.44. The van der Waals surface area contributed by atoms with Gasteiger partial charge in [0.25, 0.3) is 5.91 Å². The first-order valence-electron chi connectivity index (χ1n) is 6.44. The molecule has 0 aliphatic rings. The van der Waals surface area contributed by atoms with Crippen LogP contribution < -0.4 is 10.6 Å². The van der Waals surface area contributed by atoms with Gasteiger partial charge < -0.3 is 15.7 Å². The van der Waals surface area contributed by atoms with E-state index in [9.17, 15) is 14.4 Å². The van der Waals surface area contributed by atoms with Gasteiger partial charge in [-0.1, -0.05) is 6.07 Å². The molecule has 0 unspecified atom stereocenters. The summed E-state index contributed by atoms with van der Waals surface area (Å²) >= 11 is 0. The lowest BCUT2D eigenvalue weighted by Gasteiger charge is -2.07. The van der Waals surface area contributed by atoms with Gasteiger partial charge in [-0.15, -0.1) is 0 Å². The second kappa shape index (κ2) is 7.84. The van der Waals surface area contributed by atoms with Gasteiger partial charge in [0.1, 0.15) is 0 Å². The Morgan fingerprint density at radius 1 is 1.19 bits per heavy atom. The SMILES string of the molecule is CC(=O)NCCNC(=O)c1ccc(/C=C/C(=O)O)c(C)c1. The summed E-state index contributed by atoms with van der Waals surface area (Å²) in [6.07, 6.45) is 2.53. The average Bonchev–Trinajstić information content (AvgIpc) is 2.41. The second-order valence-electron chi connectivity index (χ2n) is 4.48. The molecule has 0 bridgehead atoms. The van der Waals surface area contributed by atoms with E-state index >= 15 is 0 Å². The van der Waals surface area contributed by atoms with Crippen molar-refractivity contribution >= 4 is 23.9 Å². The van der Waals surface area contributed by atoms with Gasteiger partial charge in [0.2, 0.25) is 5.91 Å². The highest BCUT2D eigenvalue weighted by atomic mass is 16.4. The zero-order valence-corrected chi connectivity index (χ0v) is 12.0. The van der Waals surface area contributed by atoms with Crippen molar-refractivity contribution in [1.82, 2.24) is 10.6 Å². The Bertz CT molecular complexity index is 579. The summed E-state index contributed by atoms with van der Waals surface area (Å²) in [5.74, 6) is -1.40. The third-order valence-corrected chi connectivity index (χ3v) is 2.72. The number of carboxylic acid groups (broad SMARTS) is 1. The molecule has 0 fully saturated rings. The fourth-order valence-corrected chi connectivity index (χ4v) is 1.68. The summed E-state index contributed by atoms with van der Waals surface area (Å²) in [6, 6.07) is 5.01. The summed E-state index contributed by atoms with van der Waals surface area (Å²) < 4.78 is 0. The number of aliphatic carboxylic acids is 1. The molecule has 1 aromatic carbocycles. The highest BCUT2D eigenvalue weighted by Gasteiger charge is 2.06. The molecule has 6 heteroatoms. The number of amides is 2. The molecular weight excluding hydrogens is 272 g/mol. The van der Waals surface area contributed by atoms with Crippen LogP contribution in [0.25, 0.3) is 6.08 Å². The maximum atomic E-state index is 11.9. The summed E-state index contributed by atoms with van der Waals surface area (Å²) in [5.41, 5.74) is 2.04. The number of nitrogens with one attached hydrogen (secondary N) is 2. The molecule has 0 atom stereocenters. The van der Waals surface area contributed by atoms with E-state index in [4.69, 9.17) is 5.11 Å². The van der Waals surface area contributed by atoms with Crippen LogP contribution >= 0.6 is 0 Å². The molecule has 0 spiro atoms. The van der Waals surface area contributed by atoms with Crippen LogP contribution in [0.2, 0.25) is 0 Å². The lowest BCUT2D eigenvalue weighted by atomic mass is 10.0. The Morgan fingerprint density at radius 2 is 1.86 bits per heavy atom. The molecule has 21 heavy (non-hydrogen) atoms. The van der Waals surface area contributed by atoms with Crippen LogP contribution in [0.15, 0.2) is 24.3 Å². The number of aryl methyl sites for hydroxylation is 1. The smallest absolute Gasteiger partial charge is 0.328 e. The normalized spacial score (nSPS) is 10.4. The first-order chi connectivity index (χ1) is 9.90. The highest BCUT2D eigenvalue weighted by Crippen LogP contribution is 2.12. The molecule has 112 valence electrons. The quantitative estimate of drug-likeness (QED) is 0.537. The van der Waals surface area contributed by atoms with E-state index in [1.807, 2.05) is 0 Å². The van der Waals surface area contributed by atoms with Crippen molar-refractivity contribution in [2.24, 2.45) is 0 Å². The molecule has 0 heterocycles. The number of carbonyl (C=O) groups is 3. The summed E-state index contributed by atoms with van der Waals surface area (Å²) in [6.45, 7) is 3.93. The van der Waals surface area contributed by atoms with Crippen molar-refractivity contribution in [2.75, 3.05) is 13.1 Å². The van der Waals surface area contributed by atoms with Gasteiger partial charge in [0.05, 0.1) is 0 Å². The van der Waals surface area contributed by atoms with Gasteiger partial charge in [-0.2, -0.15) is 0 Å². The molecule has 0 aliphatic heterocycles. The summed E-state index contributed by atoms with van der Waals surface area (Å²) in [4.78, 5) is 33.0. The van der Waals surface area contributed by atoms with Gasteiger partial charge in [0, 0.05) is 31.7 Å². The van der Waals surface area contributed by atoms with Crippen molar-refractivity contribution in [3.63, 3.8) is 0 Å². The largest absolute Gasteiger partial charge is 0.478 e. The Labute approximate surface area is 122 Å². The molecule has 6 nitrogen and oxygen atoms in total. The minimum atomic E-state index is -1.02. The fourth-order valence-electron chi connectivity index (χ4n) is 1.68. The van der Waals surface area contributed by atoms with Gasteiger partial charge in [-0.05, 0) is 36.3 Å². The maximum Gasteiger partial charge on any atom is 0.328 e. The predicted octanol–water partition coefficient (Wildman–Crippen LogP) is 0.959. The van der Waals surface area contributed by atoms with E-state index in [0.717, 1.165) is 17.2 Å². The van der Waals surface area contributed by atoms with Crippen LogP contribution in [0.1, 0.15) is 28.4 Å². The monoisotopic (exact) mass is 290 g/mol. The van der Waals surface area contributed by atoms with E-state index in [1.165, 1.54) is 13.0 Å². The fraction of sp³-hybridized carbons (Fsp3) is 0.267. The molecule has 1 rings (SSSR count). The second-order valence-corrected chi connectivity index (χ2v) is 4.48. The van der Waals surface area contributed by atoms with Crippen LogP contribution in [-0.2, 0) is 9.59 Å². The van der Waals surface area contributed by atoms with Crippen molar-refractivity contribution < 1.29 is 19.5 Å². The number of carboxylic acids is 1. The maximum absolute atomic E-state index is 11.9. The van der Waals surface area contributed by atoms with Crippen molar-refractivity contribution in [3.8, 4) is 0 Å². The van der Waals surface area contributed by atoms with Crippen LogP contribution in [0.4, 0.5) is 0 Å². The van der Waals surface area contributed by atoms with Gasteiger partial charge in [0.15, 0.2) is 0 Å².